The van der Waals surface area contributed by atoms with Gasteiger partial charge in [-0.15, -0.1) is 10.2 Å². The van der Waals surface area contributed by atoms with E-state index >= 15 is 0 Å². The SMILES string of the molecule is COc1cc(-c2nnc3n2CC2COCC3N2C(=O)c2cccc(C(F)(F)F)c2Cl)ncc1F. The number of hydrogen-bond donors (Lipinski definition) is 0. The van der Waals surface area contributed by atoms with Crippen molar-refractivity contribution < 1.29 is 31.8 Å². The second-order valence-electron chi connectivity index (χ2n) is 7.78. The molecular weight excluding hydrogens is 482 g/mol. The molecule has 178 valence electrons. The Morgan fingerprint density at radius 1 is 1.26 bits per heavy atom. The monoisotopic (exact) mass is 497 g/mol. The number of pyridine rings is 1. The Morgan fingerprint density at radius 2 is 2.06 bits per heavy atom. The Kier molecular flexibility index (Phi) is 5.44. The Bertz CT molecular complexity index is 1280. The van der Waals surface area contributed by atoms with E-state index in [1.165, 1.54) is 24.1 Å². The number of hydrogen-bond acceptors (Lipinski definition) is 6. The van der Waals surface area contributed by atoms with Crippen LogP contribution in [-0.2, 0) is 17.5 Å². The van der Waals surface area contributed by atoms with Crippen molar-refractivity contribution in [3.05, 3.63) is 58.3 Å². The largest absolute Gasteiger partial charge is 0.494 e. The van der Waals surface area contributed by atoms with E-state index in [0.29, 0.717) is 17.3 Å². The Hall–Kier alpha value is -3.25. The highest BCUT2D eigenvalue weighted by molar-refractivity contribution is 6.34. The van der Waals surface area contributed by atoms with Crippen LogP contribution in [0.5, 0.6) is 5.75 Å². The van der Waals surface area contributed by atoms with Gasteiger partial charge in [0.25, 0.3) is 5.91 Å². The van der Waals surface area contributed by atoms with Crippen LogP contribution in [0, 0.1) is 5.82 Å². The average molecular weight is 498 g/mol. The second kappa shape index (κ2) is 8.20. The van der Waals surface area contributed by atoms with Crippen molar-refractivity contribution in [3.63, 3.8) is 0 Å². The summed E-state index contributed by atoms with van der Waals surface area (Å²) >= 11 is 6.01. The summed E-state index contributed by atoms with van der Waals surface area (Å²) in [5.74, 6) is -0.601. The third kappa shape index (κ3) is 3.57. The van der Waals surface area contributed by atoms with E-state index in [2.05, 4.69) is 15.2 Å². The molecule has 2 aliphatic rings. The highest BCUT2D eigenvalue weighted by Gasteiger charge is 2.45. The first-order chi connectivity index (χ1) is 16.2. The number of morpholine rings is 1. The number of methoxy groups -OCH3 is 1. The van der Waals surface area contributed by atoms with E-state index < -0.39 is 40.6 Å². The van der Waals surface area contributed by atoms with Crippen LogP contribution in [0.25, 0.3) is 11.5 Å². The van der Waals surface area contributed by atoms with Gasteiger partial charge in [0, 0.05) is 12.6 Å². The Morgan fingerprint density at radius 3 is 2.79 bits per heavy atom. The average Bonchev–Trinajstić information content (AvgIpc) is 3.21. The van der Waals surface area contributed by atoms with Gasteiger partial charge in [0.1, 0.15) is 11.7 Å². The molecule has 1 aromatic carbocycles. The van der Waals surface area contributed by atoms with Crippen LogP contribution < -0.4 is 4.74 Å². The van der Waals surface area contributed by atoms with Crippen LogP contribution >= 0.6 is 11.6 Å². The number of halogens is 5. The highest BCUT2D eigenvalue weighted by Crippen LogP contribution is 2.40. The van der Waals surface area contributed by atoms with Gasteiger partial charge < -0.3 is 18.9 Å². The molecule has 0 aliphatic carbocycles. The van der Waals surface area contributed by atoms with Crippen molar-refractivity contribution in [1.82, 2.24) is 24.6 Å². The van der Waals surface area contributed by atoms with Crippen molar-refractivity contribution in [2.45, 2.75) is 24.8 Å². The van der Waals surface area contributed by atoms with E-state index in [1.807, 2.05) is 0 Å². The smallest absolute Gasteiger partial charge is 0.417 e. The number of fused-ring (bicyclic) bond motifs is 4. The molecule has 2 unspecified atom stereocenters. The Balaban J connectivity index is 1.54. The zero-order valence-electron chi connectivity index (χ0n) is 17.5. The van der Waals surface area contributed by atoms with Crippen molar-refractivity contribution >= 4 is 17.5 Å². The summed E-state index contributed by atoms with van der Waals surface area (Å²) in [4.78, 5) is 18.9. The minimum absolute atomic E-state index is 0.0160. The molecule has 2 aliphatic heterocycles. The van der Waals surface area contributed by atoms with Crippen LogP contribution in [0.4, 0.5) is 17.6 Å². The molecule has 0 radical (unpaired) electrons. The summed E-state index contributed by atoms with van der Waals surface area (Å²) in [6.45, 7) is 0.408. The molecule has 34 heavy (non-hydrogen) atoms. The van der Waals surface area contributed by atoms with Gasteiger partial charge in [-0.2, -0.15) is 13.2 Å². The summed E-state index contributed by atoms with van der Waals surface area (Å²) in [6, 6.07) is 3.38. The third-order valence-corrected chi connectivity index (χ3v) is 6.23. The maximum absolute atomic E-state index is 13.8. The first-order valence-electron chi connectivity index (χ1n) is 10.1. The molecule has 0 saturated carbocycles. The van der Waals surface area contributed by atoms with Crippen molar-refractivity contribution in [2.75, 3.05) is 20.3 Å². The summed E-state index contributed by atoms with van der Waals surface area (Å²) in [6.07, 6.45) is -3.69. The van der Waals surface area contributed by atoms with Crippen molar-refractivity contribution in [3.8, 4) is 17.3 Å². The maximum atomic E-state index is 13.8. The summed E-state index contributed by atoms with van der Waals surface area (Å²) in [7, 11) is 1.33. The van der Waals surface area contributed by atoms with Gasteiger partial charge in [0.15, 0.2) is 23.2 Å². The minimum atomic E-state index is -4.70. The molecule has 3 aromatic rings. The molecule has 1 saturated heterocycles. The molecule has 2 bridgehead atoms. The van der Waals surface area contributed by atoms with Gasteiger partial charge in [-0.1, -0.05) is 17.7 Å². The Labute approximate surface area is 195 Å². The van der Waals surface area contributed by atoms with Crippen molar-refractivity contribution in [2.24, 2.45) is 0 Å². The first kappa shape index (κ1) is 22.5. The molecule has 0 N–H and O–H groups in total. The first-order valence-corrected chi connectivity index (χ1v) is 10.5. The van der Waals surface area contributed by atoms with E-state index in [1.54, 1.807) is 4.57 Å². The summed E-state index contributed by atoms with van der Waals surface area (Å²) < 4.78 is 66.1. The quantitative estimate of drug-likeness (QED) is 0.513. The number of nitrogens with zero attached hydrogens (tertiary/aromatic N) is 5. The van der Waals surface area contributed by atoms with Gasteiger partial charge in [-0.3, -0.25) is 4.79 Å². The second-order valence-corrected chi connectivity index (χ2v) is 8.16. The third-order valence-electron chi connectivity index (χ3n) is 5.82. The summed E-state index contributed by atoms with van der Waals surface area (Å²) in [5.41, 5.74) is -1.02. The molecular formula is C21H16ClF4N5O3. The minimum Gasteiger partial charge on any atom is -0.494 e. The number of carbonyl (C=O) groups excluding carboxylic acids is 1. The predicted molar refractivity (Wildman–Crippen MR) is 110 cm³/mol. The van der Waals surface area contributed by atoms with Crippen LogP contribution in [0.2, 0.25) is 5.02 Å². The van der Waals surface area contributed by atoms with Gasteiger partial charge in [0.05, 0.1) is 48.7 Å². The number of carbonyl (C=O) groups is 1. The summed E-state index contributed by atoms with van der Waals surface area (Å²) in [5, 5.41) is 7.70. The van der Waals surface area contributed by atoms with Gasteiger partial charge >= 0.3 is 6.18 Å². The molecule has 1 amide bonds. The fourth-order valence-corrected chi connectivity index (χ4v) is 4.59. The topological polar surface area (TPSA) is 82.4 Å². The van der Waals surface area contributed by atoms with E-state index in [4.69, 9.17) is 21.1 Å². The van der Waals surface area contributed by atoms with E-state index in [9.17, 15) is 22.4 Å². The number of benzene rings is 1. The molecule has 8 nitrogen and oxygen atoms in total. The standard InChI is InChI=1S/C21H16ClF4N5O3/c1-33-16-5-14(27-6-13(16)23)18-28-29-19-15-9-34-8-10(7-30(18)19)31(15)20(32)11-3-2-4-12(17(11)22)21(24,25)26/h2-6,10,15H,7-9H2,1H3. The lowest BCUT2D eigenvalue weighted by Gasteiger charge is -2.45. The zero-order chi connectivity index (χ0) is 24.2. The number of alkyl halides is 3. The van der Waals surface area contributed by atoms with E-state index in [-0.39, 0.29) is 31.1 Å². The normalized spacial score (nSPS) is 19.6. The van der Waals surface area contributed by atoms with E-state index in [0.717, 1.165) is 18.3 Å². The molecule has 13 heteroatoms. The molecule has 2 aromatic heterocycles. The fraction of sp³-hybridized carbons (Fsp3) is 0.333. The van der Waals surface area contributed by atoms with Crippen LogP contribution in [-0.4, -0.2) is 56.9 Å². The van der Waals surface area contributed by atoms with Gasteiger partial charge in [-0.05, 0) is 12.1 Å². The maximum Gasteiger partial charge on any atom is 0.417 e. The van der Waals surface area contributed by atoms with Gasteiger partial charge in [0.2, 0.25) is 0 Å². The predicted octanol–water partition coefficient (Wildman–Crippen LogP) is 3.76. The number of amides is 1. The lowest BCUT2D eigenvalue weighted by atomic mass is 10.0. The zero-order valence-corrected chi connectivity index (χ0v) is 18.3. The molecule has 0 spiro atoms. The van der Waals surface area contributed by atoms with Crippen LogP contribution in [0.15, 0.2) is 30.5 Å². The van der Waals surface area contributed by atoms with Crippen molar-refractivity contribution in [1.29, 1.82) is 0 Å². The lowest BCUT2D eigenvalue weighted by Crippen LogP contribution is -2.56. The number of aromatic nitrogens is 4. The fourth-order valence-electron chi connectivity index (χ4n) is 4.27. The molecule has 4 heterocycles. The molecule has 2 atom stereocenters. The number of rotatable bonds is 3. The van der Waals surface area contributed by atoms with Gasteiger partial charge in [-0.25, -0.2) is 9.37 Å². The van der Waals surface area contributed by atoms with Crippen LogP contribution in [0.3, 0.4) is 0 Å². The number of ether oxygens (including phenoxy) is 2. The molecule has 5 rings (SSSR count). The van der Waals surface area contributed by atoms with Crippen LogP contribution in [0.1, 0.15) is 27.8 Å². The molecule has 1 fully saturated rings. The lowest BCUT2D eigenvalue weighted by molar-refractivity contribution is -0.137. The highest BCUT2D eigenvalue weighted by atomic mass is 35.5.